The van der Waals surface area contributed by atoms with Gasteiger partial charge >= 0.3 is 0 Å². The van der Waals surface area contributed by atoms with Crippen LogP contribution in [-0.4, -0.2) is 32.1 Å². The van der Waals surface area contributed by atoms with Crippen LogP contribution in [-0.2, 0) is 15.9 Å². The Hall–Kier alpha value is -0.870. The van der Waals surface area contributed by atoms with E-state index >= 15 is 0 Å². The minimum Gasteiger partial charge on any atom is -0.382 e. The predicted molar refractivity (Wildman–Crippen MR) is 66.1 cm³/mol. The molecular formula is C13H23NO3. The molecule has 4 heteroatoms. The quantitative estimate of drug-likeness (QED) is 0.591. The smallest absolute Gasteiger partial charge is 0.133 e. The molecule has 0 radical (unpaired) electrons. The van der Waals surface area contributed by atoms with Crippen molar-refractivity contribution in [3.63, 3.8) is 0 Å². The lowest BCUT2D eigenvalue weighted by molar-refractivity contribution is 0.0686. The molecule has 1 aromatic heterocycles. The maximum Gasteiger partial charge on any atom is 0.133 e. The normalized spacial score (nSPS) is 10.9. The lowest BCUT2D eigenvalue weighted by Crippen LogP contribution is -2.02. The molecule has 4 nitrogen and oxygen atoms in total. The minimum absolute atomic E-state index is 0.686. The van der Waals surface area contributed by atoms with Crippen molar-refractivity contribution in [2.75, 3.05) is 26.9 Å². The van der Waals surface area contributed by atoms with E-state index in [0.29, 0.717) is 13.2 Å². The summed E-state index contributed by atoms with van der Waals surface area (Å²) < 4.78 is 15.3. The van der Waals surface area contributed by atoms with E-state index in [1.54, 1.807) is 7.11 Å². The molecular weight excluding hydrogens is 218 g/mol. The Morgan fingerprint density at radius 3 is 2.65 bits per heavy atom. The highest BCUT2D eigenvalue weighted by molar-refractivity contribution is 5.03. The summed E-state index contributed by atoms with van der Waals surface area (Å²) in [6, 6.07) is 2.01. The first kappa shape index (κ1) is 14.2. The fourth-order valence-electron chi connectivity index (χ4n) is 1.64. The molecule has 0 atom stereocenters. The molecule has 0 amide bonds. The second-order valence-electron chi connectivity index (χ2n) is 4.20. The molecule has 0 aromatic carbocycles. The lowest BCUT2D eigenvalue weighted by atomic mass is 10.1. The maximum atomic E-state index is 5.39. The summed E-state index contributed by atoms with van der Waals surface area (Å²) >= 11 is 0. The Kier molecular flexibility index (Phi) is 7.67. The molecule has 0 unspecified atom stereocenters. The Morgan fingerprint density at radius 2 is 1.94 bits per heavy atom. The van der Waals surface area contributed by atoms with Crippen molar-refractivity contribution in [1.29, 1.82) is 0 Å². The van der Waals surface area contributed by atoms with E-state index in [1.165, 1.54) is 19.3 Å². The van der Waals surface area contributed by atoms with Gasteiger partial charge in [0.1, 0.15) is 5.76 Å². The average Bonchev–Trinajstić information content (AvgIpc) is 2.73. The molecule has 0 spiro atoms. The zero-order valence-corrected chi connectivity index (χ0v) is 10.9. The van der Waals surface area contributed by atoms with Crippen molar-refractivity contribution in [2.45, 2.75) is 39.0 Å². The van der Waals surface area contributed by atoms with E-state index in [2.05, 4.69) is 5.16 Å². The predicted octanol–water partition coefficient (Wildman–Crippen LogP) is 2.75. The summed E-state index contributed by atoms with van der Waals surface area (Å²) in [5.41, 5.74) is 1.07. The third-order valence-corrected chi connectivity index (χ3v) is 2.58. The highest BCUT2D eigenvalue weighted by Crippen LogP contribution is 2.08. The van der Waals surface area contributed by atoms with Gasteiger partial charge in [-0.3, -0.25) is 0 Å². The van der Waals surface area contributed by atoms with E-state index in [9.17, 15) is 0 Å². The van der Waals surface area contributed by atoms with Gasteiger partial charge in [0, 0.05) is 19.8 Å². The van der Waals surface area contributed by atoms with E-state index in [0.717, 1.165) is 30.9 Å². The van der Waals surface area contributed by atoms with Crippen LogP contribution in [0.4, 0.5) is 0 Å². The first-order chi connectivity index (χ1) is 8.33. The van der Waals surface area contributed by atoms with Crippen molar-refractivity contribution in [3.8, 4) is 0 Å². The number of hydrogen-bond donors (Lipinski definition) is 0. The number of hydrogen-bond acceptors (Lipinski definition) is 4. The second-order valence-corrected chi connectivity index (χ2v) is 4.20. The van der Waals surface area contributed by atoms with Crippen LogP contribution in [0.15, 0.2) is 10.6 Å². The van der Waals surface area contributed by atoms with Crippen molar-refractivity contribution < 1.29 is 14.0 Å². The van der Waals surface area contributed by atoms with E-state index in [1.807, 2.05) is 13.0 Å². The van der Waals surface area contributed by atoms with Gasteiger partial charge in [-0.15, -0.1) is 0 Å². The zero-order valence-electron chi connectivity index (χ0n) is 10.9. The van der Waals surface area contributed by atoms with Gasteiger partial charge in [-0.25, -0.2) is 0 Å². The molecule has 1 rings (SSSR count). The Balaban J connectivity index is 1.84. The summed E-state index contributed by atoms with van der Waals surface area (Å²) in [6.07, 6.45) is 5.75. The Bertz CT molecular complexity index is 286. The monoisotopic (exact) mass is 241 g/mol. The number of unbranched alkanes of at least 4 members (excludes halogenated alkanes) is 3. The van der Waals surface area contributed by atoms with Crippen molar-refractivity contribution in [2.24, 2.45) is 0 Å². The molecule has 1 heterocycles. The Labute approximate surface area is 103 Å². The molecule has 0 saturated carbocycles. The van der Waals surface area contributed by atoms with Crippen LogP contribution in [0.2, 0.25) is 0 Å². The van der Waals surface area contributed by atoms with Gasteiger partial charge in [-0.2, -0.15) is 0 Å². The summed E-state index contributed by atoms with van der Waals surface area (Å²) in [5, 5.41) is 3.97. The van der Waals surface area contributed by atoms with Crippen molar-refractivity contribution in [1.82, 2.24) is 5.16 Å². The van der Waals surface area contributed by atoms with Crippen LogP contribution in [0.25, 0.3) is 0 Å². The van der Waals surface area contributed by atoms with Crippen molar-refractivity contribution >= 4 is 0 Å². The third-order valence-electron chi connectivity index (χ3n) is 2.58. The summed E-state index contributed by atoms with van der Waals surface area (Å²) in [7, 11) is 1.69. The molecule has 98 valence electrons. The second kappa shape index (κ2) is 9.19. The molecule has 0 fully saturated rings. The number of methoxy groups -OCH3 is 1. The van der Waals surface area contributed by atoms with Gasteiger partial charge < -0.3 is 14.0 Å². The molecule has 17 heavy (non-hydrogen) atoms. The topological polar surface area (TPSA) is 44.5 Å². The number of ether oxygens (including phenoxy) is 2. The van der Waals surface area contributed by atoms with Crippen LogP contribution in [0.5, 0.6) is 0 Å². The van der Waals surface area contributed by atoms with Crippen molar-refractivity contribution in [3.05, 3.63) is 17.5 Å². The van der Waals surface area contributed by atoms with E-state index in [4.69, 9.17) is 14.0 Å². The number of nitrogens with zero attached hydrogens (tertiary/aromatic N) is 1. The molecule has 1 aromatic rings. The van der Waals surface area contributed by atoms with Gasteiger partial charge in [0.2, 0.25) is 0 Å². The maximum absolute atomic E-state index is 5.39. The van der Waals surface area contributed by atoms with Gasteiger partial charge in [-0.1, -0.05) is 18.0 Å². The van der Waals surface area contributed by atoms with Gasteiger partial charge in [0.15, 0.2) is 0 Å². The molecule has 0 aliphatic heterocycles. The number of aryl methyl sites for hydroxylation is 2. The van der Waals surface area contributed by atoms with Crippen LogP contribution in [0, 0.1) is 6.92 Å². The highest BCUT2D eigenvalue weighted by atomic mass is 16.5. The average molecular weight is 241 g/mol. The zero-order chi connectivity index (χ0) is 12.3. The third kappa shape index (κ3) is 7.13. The molecule has 0 N–H and O–H groups in total. The van der Waals surface area contributed by atoms with E-state index < -0.39 is 0 Å². The van der Waals surface area contributed by atoms with Crippen LogP contribution in [0.1, 0.15) is 37.1 Å². The minimum atomic E-state index is 0.686. The first-order valence-electron chi connectivity index (χ1n) is 6.32. The van der Waals surface area contributed by atoms with E-state index in [-0.39, 0.29) is 0 Å². The first-order valence-corrected chi connectivity index (χ1v) is 6.32. The summed E-state index contributed by atoms with van der Waals surface area (Å²) in [4.78, 5) is 0. The Morgan fingerprint density at radius 1 is 1.12 bits per heavy atom. The van der Waals surface area contributed by atoms with Gasteiger partial charge in [0.25, 0.3) is 0 Å². The summed E-state index contributed by atoms with van der Waals surface area (Å²) in [5.74, 6) is 0.895. The molecule has 0 aliphatic rings. The largest absolute Gasteiger partial charge is 0.382 e. The number of rotatable bonds is 10. The SMILES string of the molecule is COCCOCCCCCCc1cc(C)on1. The summed E-state index contributed by atoms with van der Waals surface area (Å²) in [6.45, 7) is 4.15. The molecule has 0 aliphatic carbocycles. The highest BCUT2D eigenvalue weighted by Gasteiger charge is 1.99. The van der Waals surface area contributed by atoms with Gasteiger partial charge in [-0.05, 0) is 26.2 Å². The fourth-order valence-corrected chi connectivity index (χ4v) is 1.64. The fraction of sp³-hybridized carbons (Fsp3) is 0.769. The standard InChI is InChI=1S/C13H23NO3/c1-12-11-13(14-17-12)7-5-3-4-6-8-16-10-9-15-2/h11H,3-10H2,1-2H3. The van der Waals surface area contributed by atoms with Gasteiger partial charge in [0.05, 0.1) is 18.9 Å². The van der Waals surface area contributed by atoms with Crippen LogP contribution in [0.3, 0.4) is 0 Å². The molecule has 0 bridgehead atoms. The van der Waals surface area contributed by atoms with Crippen LogP contribution >= 0.6 is 0 Å². The lowest BCUT2D eigenvalue weighted by Gasteiger charge is -2.03. The molecule has 0 saturated heterocycles. The number of aromatic nitrogens is 1. The van der Waals surface area contributed by atoms with Crippen LogP contribution < -0.4 is 0 Å².